The Morgan fingerprint density at radius 3 is 2.19 bits per heavy atom. The predicted molar refractivity (Wildman–Crippen MR) is 95.3 cm³/mol. The summed E-state index contributed by atoms with van der Waals surface area (Å²) in [6.45, 7) is 2.61. The van der Waals surface area contributed by atoms with Crippen LogP contribution in [0.3, 0.4) is 0 Å². The number of anilines is 1. The van der Waals surface area contributed by atoms with Crippen LogP contribution >= 0.6 is 0 Å². The van der Waals surface area contributed by atoms with Gasteiger partial charge in [0.05, 0.1) is 18.1 Å². The van der Waals surface area contributed by atoms with Gasteiger partial charge in [-0.2, -0.15) is 4.31 Å². The number of hydrogen-bond acceptors (Lipinski definition) is 5. The molecule has 3 fully saturated rings. The molecule has 4 rings (SSSR count). The lowest BCUT2D eigenvalue weighted by Gasteiger charge is -2.36. The fraction of sp³-hybridized carbons (Fsp3) is 0.611. The van der Waals surface area contributed by atoms with E-state index in [0.717, 1.165) is 18.5 Å². The highest BCUT2D eigenvalue weighted by Crippen LogP contribution is 2.33. The van der Waals surface area contributed by atoms with Gasteiger partial charge in [-0.15, -0.1) is 0 Å². The number of carbonyl (C=O) groups excluding carboxylic acids is 1. The van der Waals surface area contributed by atoms with Gasteiger partial charge >= 0.3 is 0 Å². The molecular weight excluding hydrogens is 356 g/mol. The van der Waals surface area contributed by atoms with Crippen LogP contribution in [-0.4, -0.2) is 57.3 Å². The molecule has 0 saturated carbocycles. The molecular formula is C18H24N2O5S. The molecule has 1 aromatic rings. The summed E-state index contributed by atoms with van der Waals surface area (Å²) in [6, 6.07) is 6.65. The number of carbonyl (C=O) groups is 1. The number of nitrogens with zero attached hydrogens (tertiary/aromatic N) is 2. The topological polar surface area (TPSA) is 76.2 Å². The highest BCUT2D eigenvalue weighted by atomic mass is 32.2. The summed E-state index contributed by atoms with van der Waals surface area (Å²) in [7, 11) is -3.55. The third kappa shape index (κ3) is 3.26. The lowest BCUT2D eigenvalue weighted by molar-refractivity contribution is -0.179. The van der Waals surface area contributed by atoms with Crippen molar-refractivity contribution >= 4 is 21.6 Å². The molecule has 1 spiro atoms. The van der Waals surface area contributed by atoms with E-state index in [1.165, 1.54) is 4.31 Å². The van der Waals surface area contributed by atoms with Gasteiger partial charge in [0, 0.05) is 44.6 Å². The molecule has 0 atom stereocenters. The minimum atomic E-state index is -3.55. The van der Waals surface area contributed by atoms with E-state index in [4.69, 9.17) is 9.47 Å². The standard InChI is InChI=1S/C18H24N2O5S/c21-17-3-1-2-10-20(17)15-4-6-16(7-5-15)26(22,23)19-11-8-18(9-12-19)24-13-14-25-18/h4-7H,1-3,8-14H2. The van der Waals surface area contributed by atoms with Crippen LogP contribution < -0.4 is 4.90 Å². The third-order valence-corrected chi connectivity index (χ3v) is 7.32. The summed E-state index contributed by atoms with van der Waals surface area (Å²) < 4.78 is 38.6. The van der Waals surface area contributed by atoms with Crippen LogP contribution in [-0.2, 0) is 24.3 Å². The molecule has 8 heteroatoms. The monoisotopic (exact) mass is 380 g/mol. The van der Waals surface area contributed by atoms with E-state index in [-0.39, 0.29) is 10.8 Å². The lowest BCUT2D eigenvalue weighted by Crippen LogP contribution is -2.47. The molecule has 3 heterocycles. The maximum Gasteiger partial charge on any atom is 0.243 e. The van der Waals surface area contributed by atoms with Crippen molar-refractivity contribution < 1.29 is 22.7 Å². The Bertz CT molecular complexity index is 761. The Hall–Kier alpha value is -1.48. The van der Waals surface area contributed by atoms with Crippen LogP contribution in [0.5, 0.6) is 0 Å². The average molecular weight is 380 g/mol. The van der Waals surface area contributed by atoms with Gasteiger partial charge in [-0.05, 0) is 37.1 Å². The van der Waals surface area contributed by atoms with Crippen LogP contribution in [0.15, 0.2) is 29.2 Å². The van der Waals surface area contributed by atoms with Gasteiger partial charge in [0.1, 0.15) is 0 Å². The SMILES string of the molecule is O=C1CCCCN1c1ccc(S(=O)(=O)N2CCC3(CC2)OCCO3)cc1. The van der Waals surface area contributed by atoms with Crippen molar-refractivity contribution in [2.45, 2.75) is 42.8 Å². The Morgan fingerprint density at radius 2 is 1.58 bits per heavy atom. The molecule has 3 aliphatic rings. The molecule has 0 unspecified atom stereocenters. The molecule has 0 N–H and O–H groups in total. The average Bonchev–Trinajstić information content (AvgIpc) is 3.10. The fourth-order valence-electron chi connectivity index (χ4n) is 3.88. The quantitative estimate of drug-likeness (QED) is 0.798. The molecule has 3 saturated heterocycles. The maximum absolute atomic E-state index is 12.9. The highest BCUT2D eigenvalue weighted by Gasteiger charge is 2.42. The van der Waals surface area contributed by atoms with Gasteiger partial charge in [-0.25, -0.2) is 8.42 Å². The van der Waals surface area contributed by atoms with Crippen LogP contribution in [0, 0.1) is 0 Å². The van der Waals surface area contributed by atoms with E-state index in [1.54, 1.807) is 29.2 Å². The predicted octanol–water partition coefficient (Wildman–Crippen LogP) is 1.73. The molecule has 26 heavy (non-hydrogen) atoms. The summed E-state index contributed by atoms with van der Waals surface area (Å²) in [5, 5.41) is 0. The molecule has 0 aliphatic carbocycles. The molecule has 1 aromatic carbocycles. The van der Waals surface area contributed by atoms with E-state index in [1.807, 2.05) is 0 Å². The van der Waals surface area contributed by atoms with Crippen LogP contribution in [0.25, 0.3) is 0 Å². The van der Waals surface area contributed by atoms with Crippen LogP contribution in [0.4, 0.5) is 5.69 Å². The van der Waals surface area contributed by atoms with Crippen molar-refractivity contribution in [3.05, 3.63) is 24.3 Å². The smallest absolute Gasteiger partial charge is 0.243 e. The summed E-state index contributed by atoms with van der Waals surface area (Å²) in [6.07, 6.45) is 3.55. The van der Waals surface area contributed by atoms with Gasteiger partial charge in [0.25, 0.3) is 0 Å². The summed E-state index contributed by atoms with van der Waals surface area (Å²) in [5.74, 6) is -0.491. The lowest BCUT2D eigenvalue weighted by atomic mass is 10.1. The highest BCUT2D eigenvalue weighted by molar-refractivity contribution is 7.89. The summed E-state index contributed by atoms with van der Waals surface area (Å²) in [4.78, 5) is 14.0. The van der Waals surface area contributed by atoms with E-state index < -0.39 is 15.8 Å². The van der Waals surface area contributed by atoms with Crippen molar-refractivity contribution in [2.24, 2.45) is 0 Å². The first-order chi connectivity index (χ1) is 12.5. The molecule has 142 valence electrons. The number of hydrogen-bond donors (Lipinski definition) is 0. The Balaban J connectivity index is 1.47. The second-order valence-electron chi connectivity index (χ2n) is 7.01. The van der Waals surface area contributed by atoms with E-state index >= 15 is 0 Å². The van der Waals surface area contributed by atoms with Gasteiger partial charge in [0.2, 0.25) is 15.9 Å². The number of piperidine rings is 2. The second-order valence-corrected chi connectivity index (χ2v) is 8.95. The molecule has 7 nitrogen and oxygen atoms in total. The Labute approximate surface area is 153 Å². The van der Waals surface area contributed by atoms with E-state index in [2.05, 4.69) is 0 Å². The maximum atomic E-state index is 12.9. The summed E-state index contributed by atoms with van der Waals surface area (Å²) >= 11 is 0. The molecule has 0 radical (unpaired) electrons. The van der Waals surface area contributed by atoms with Gasteiger partial charge in [-0.3, -0.25) is 4.79 Å². The minimum absolute atomic E-state index is 0.102. The Kier molecular flexibility index (Phi) is 4.77. The van der Waals surface area contributed by atoms with Crippen molar-refractivity contribution in [1.82, 2.24) is 4.31 Å². The minimum Gasteiger partial charge on any atom is -0.347 e. The molecule has 3 aliphatic heterocycles. The number of ether oxygens (including phenoxy) is 2. The van der Waals surface area contributed by atoms with Crippen molar-refractivity contribution in [1.29, 1.82) is 0 Å². The molecule has 0 bridgehead atoms. The van der Waals surface area contributed by atoms with Gasteiger partial charge in [-0.1, -0.05) is 0 Å². The fourth-order valence-corrected chi connectivity index (χ4v) is 5.32. The third-order valence-electron chi connectivity index (χ3n) is 5.41. The normalized spacial score (nSPS) is 24.3. The number of benzene rings is 1. The molecule has 0 aromatic heterocycles. The van der Waals surface area contributed by atoms with Crippen LogP contribution in [0.2, 0.25) is 0 Å². The Morgan fingerprint density at radius 1 is 0.923 bits per heavy atom. The van der Waals surface area contributed by atoms with Crippen molar-refractivity contribution in [3.63, 3.8) is 0 Å². The summed E-state index contributed by atoms with van der Waals surface area (Å²) in [5.41, 5.74) is 0.763. The zero-order valence-electron chi connectivity index (χ0n) is 14.7. The van der Waals surface area contributed by atoms with Crippen molar-refractivity contribution in [3.8, 4) is 0 Å². The van der Waals surface area contributed by atoms with Crippen LogP contribution in [0.1, 0.15) is 32.1 Å². The largest absolute Gasteiger partial charge is 0.347 e. The molecule has 1 amide bonds. The van der Waals surface area contributed by atoms with E-state index in [9.17, 15) is 13.2 Å². The van der Waals surface area contributed by atoms with Crippen molar-refractivity contribution in [2.75, 3.05) is 37.7 Å². The first-order valence-electron chi connectivity index (χ1n) is 9.19. The van der Waals surface area contributed by atoms with E-state index in [0.29, 0.717) is 52.1 Å². The first kappa shape index (κ1) is 17.9. The van der Waals surface area contributed by atoms with Gasteiger partial charge < -0.3 is 14.4 Å². The first-order valence-corrected chi connectivity index (χ1v) is 10.6. The van der Waals surface area contributed by atoms with Gasteiger partial charge in [0.15, 0.2) is 5.79 Å². The second kappa shape index (κ2) is 6.92. The zero-order valence-corrected chi connectivity index (χ0v) is 15.5. The number of rotatable bonds is 3. The zero-order chi connectivity index (χ0) is 18.2. The number of sulfonamides is 1. The number of amides is 1.